The number of hydrogen-bond donors (Lipinski definition) is 0. The molecule has 3 heterocycles. The molecule has 7 heteroatoms. The molecule has 1 amide bonds. The lowest BCUT2D eigenvalue weighted by atomic mass is 9.86. The topological polar surface area (TPSA) is 67.2 Å². The van der Waals surface area contributed by atoms with E-state index in [-0.39, 0.29) is 11.3 Å². The fourth-order valence-corrected chi connectivity index (χ4v) is 3.66. The minimum atomic E-state index is 0.0818. The second kappa shape index (κ2) is 7.89. The first-order valence-corrected chi connectivity index (χ1v) is 10.3. The average Bonchev–Trinajstić information content (AvgIpc) is 3.27. The van der Waals surface area contributed by atoms with E-state index in [1.54, 1.807) is 12.5 Å². The third kappa shape index (κ3) is 4.20. The van der Waals surface area contributed by atoms with Crippen LogP contribution < -0.4 is 4.90 Å². The molecule has 7 nitrogen and oxygen atoms in total. The summed E-state index contributed by atoms with van der Waals surface area (Å²) >= 11 is 0. The normalized spacial score (nSPS) is 14.8. The first-order chi connectivity index (χ1) is 14.3. The largest absolute Gasteiger partial charge is 0.353 e. The van der Waals surface area contributed by atoms with Gasteiger partial charge in [-0.25, -0.2) is 15.0 Å². The Morgan fingerprint density at radius 2 is 1.63 bits per heavy atom. The molecule has 0 aliphatic carbocycles. The van der Waals surface area contributed by atoms with Crippen LogP contribution in [-0.2, 0) is 5.41 Å². The molecule has 0 saturated carbocycles. The molecular formula is C23H28N6O. The van der Waals surface area contributed by atoms with E-state index in [9.17, 15) is 4.79 Å². The summed E-state index contributed by atoms with van der Waals surface area (Å²) in [4.78, 5) is 30.3. The van der Waals surface area contributed by atoms with E-state index in [1.165, 1.54) is 5.56 Å². The van der Waals surface area contributed by atoms with Crippen LogP contribution in [-0.4, -0.2) is 56.5 Å². The summed E-state index contributed by atoms with van der Waals surface area (Å²) in [6.07, 6.45) is 5.33. The maximum Gasteiger partial charge on any atom is 0.253 e. The van der Waals surface area contributed by atoms with Gasteiger partial charge in [-0.05, 0) is 30.0 Å². The van der Waals surface area contributed by atoms with Gasteiger partial charge in [-0.15, -0.1) is 0 Å². The molecule has 1 aliphatic rings. The van der Waals surface area contributed by atoms with Gasteiger partial charge in [0.15, 0.2) is 0 Å². The number of carbonyl (C=O) groups is 1. The predicted molar refractivity (Wildman–Crippen MR) is 117 cm³/mol. The molecule has 30 heavy (non-hydrogen) atoms. The van der Waals surface area contributed by atoms with Crippen LogP contribution in [0.3, 0.4) is 0 Å². The highest BCUT2D eigenvalue weighted by atomic mass is 16.2. The molecule has 156 valence electrons. The molecule has 1 aromatic carbocycles. The van der Waals surface area contributed by atoms with E-state index >= 15 is 0 Å². The Morgan fingerprint density at radius 3 is 2.23 bits per heavy atom. The lowest BCUT2D eigenvalue weighted by Crippen LogP contribution is -2.49. The second-order valence-electron chi connectivity index (χ2n) is 8.71. The monoisotopic (exact) mass is 404 g/mol. The number of imidazole rings is 1. The van der Waals surface area contributed by atoms with E-state index in [4.69, 9.17) is 0 Å². The number of piperazine rings is 1. The minimum absolute atomic E-state index is 0.0818. The van der Waals surface area contributed by atoms with Gasteiger partial charge in [-0.1, -0.05) is 32.9 Å². The minimum Gasteiger partial charge on any atom is -0.353 e. The highest BCUT2D eigenvalue weighted by Crippen LogP contribution is 2.23. The van der Waals surface area contributed by atoms with Crippen molar-refractivity contribution >= 4 is 11.7 Å². The van der Waals surface area contributed by atoms with E-state index < -0.39 is 0 Å². The zero-order valence-corrected chi connectivity index (χ0v) is 18.0. The van der Waals surface area contributed by atoms with Crippen LogP contribution >= 0.6 is 0 Å². The van der Waals surface area contributed by atoms with Crippen molar-refractivity contribution in [2.75, 3.05) is 31.1 Å². The standard InChI is InChI=1S/C23H28N6O/c1-17-25-20(15-21(26-17)29-10-9-24-16-29)27-11-13-28(14-12-27)22(30)18-5-7-19(8-6-18)23(2,3)4/h5-10,15-16H,11-14H2,1-4H3. The number of amides is 1. The highest BCUT2D eigenvalue weighted by Gasteiger charge is 2.24. The molecule has 1 fully saturated rings. The molecule has 3 aromatic rings. The molecule has 0 radical (unpaired) electrons. The third-order valence-corrected chi connectivity index (χ3v) is 5.47. The van der Waals surface area contributed by atoms with Crippen molar-refractivity contribution in [3.05, 3.63) is 66.0 Å². The number of rotatable bonds is 3. The van der Waals surface area contributed by atoms with Gasteiger partial charge in [0.1, 0.15) is 23.8 Å². The molecule has 0 bridgehead atoms. The van der Waals surface area contributed by atoms with Gasteiger partial charge in [0.2, 0.25) is 0 Å². The van der Waals surface area contributed by atoms with Crippen LogP contribution in [0, 0.1) is 6.92 Å². The van der Waals surface area contributed by atoms with Crippen LogP contribution in [0.15, 0.2) is 49.1 Å². The zero-order chi connectivity index (χ0) is 21.3. The van der Waals surface area contributed by atoms with Gasteiger partial charge in [0, 0.05) is 50.2 Å². The Morgan fingerprint density at radius 1 is 0.967 bits per heavy atom. The number of nitrogens with zero attached hydrogens (tertiary/aromatic N) is 6. The van der Waals surface area contributed by atoms with Crippen molar-refractivity contribution in [3.8, 4) is 5.82 Å². The van der Waals surface area contributed by atoms with E-state index in [2.05, 4.69) is 52.8 Å². The SMILES string of the molecule is Cc1nc(N2CCN(C(=O)c3ccc(C(C)(C)C)cc3)CC2)cc(-n2ccnc2)n1. The fraction of sp³-hybridized carbons (Fsp3) is 0.391. The Labute approximate surface area is 177 Å². The number of benzene rings is 1. The maximum atomic E-state index is 12.9. The van der Waals surface area contributed by atoms with Crippen LogP contribution in [0.4, 0.5) is 5.82 Å². The number of anilines is 1. The Balaban J connectivity index is 1.43. The molecule has 0 N–H and O–H groups in total. The van der Waals surface area contributed by atoms with Crippen LogP contribution in [0.2, 0.25) is 0 Å². The summed E-state index contributed by atoms with van der Waals surface area (Å²) in [5.74, 6) is 2.49. The number of aryl methyl sites for hydroxylation is 1. The first kappa shape index (κ1) is 20.1. The van der Waals surface area contributed by atoms with Gasteiger partial charge in [-0.3, -0.25) is 9.36 Å². The second-order valence-corrected chi connectivity index (χ2v) is 8.71. The van der Waals surface area contributed by atoms with E-state index in [0.29, 0.717) is 18.9 Å². The fourth-order valence-electron chi connectivity index (χ4n) is 3.66. The molecule has 0 spiro atoms. The average molecular weight is 405 g/mol. The number of hydrogen-bond acceptors (Lipinski definition) is 5. The maximum absolute atomic E-state index is 12.9. The van der Waals surface area contributed by atoms with Gasteiger partial charge in [0.05, 0.1) is 0 Å². The van der Waals surface area contributed by atoms with Crippen molar-refractivity contribution in [1.29, 1.82) is 0 Å². The number of carbonyl (C=O) groups excluding carboxylic acids is 1. The molecule has 4 rings (SSSR count). The lowest BCUT2D eigenvalue weighted by molar-refractivity contribution is 0.0746. The van der Waals surface area contributed by atoms with Gasteiger partial charge in [-0.2, -0.15) is 0 Å². The third-order valence-electron chi connectivity index (χ3n) is 5.47. The van der Waals surface area contributed by atoms with Crippen molar-refractivity contribution in [2.24, 2.45) is 0 Å². The van der Waals surface area contributed by atoms with Crippen LogP contribution in [0.25, 0.3) is 5.82 Å². The van der Waals surface area contributed by atoms with Gasteiger partial charge >= 0.3 is 0 Å². The summed E-state index contributed by atoms with van der Waals surface area (Å²) in [5, 5.41) is 0. The van der Waals surface area contributed by atoms with Crippen LogP contribution in [0.1, 0.15) is 42.5 Å². The van der Waals surface area contributed by atoms with E-state index in [0.717, 1.165) is 30.3 Å². The molecule has 2 aromatic heterocycles. The molecule has 0 atom stereocenters. The molecule has 0 unspecified atom stereocenters. The van der Waals surface area contributed by atoms with Crippen molar-refractivity contribution < 1.29 is 4.79 Å². The van der Waals surface area contributed by atoms with Crippen molar-refractivity contribution in [2.45, 2.75) is 33.1 Å². The highest BCUT2D eigenvalue weighted by molar-refractivity contribution is 5.94. The summed E-state index contributed by atoms with van der Waals surface area (Å²) in [6, 6.07) is 9.98. The van der Waals surface area contributed by atoms with E-state index in [1.807, 2.05) is 40.8 Å². The number of aromatic nitrogens is 4. The Kier molecular flexibility index (Phi) is 5.28. The lowest BCUT2D eigenvalue weighted by Gasteiger charge is -2.35. The quantitative estimate of drug-likeness (QED) is 0.670. The summed E-state index contributed by atoms with van der Waals surface area (Å²) in [6.45, 7) is 11.2. The molecule has 1 aliphatic heterocycles. The molecule has 1 saturated heterocycles. The molecular weight excluding hydrogens is 376 g/mol. The summed E-state index contributed by atoms with van der Waals surface area (Å²) in [5.41, 5.74) is 2.06. The van der Waals surface area contributed by atoms with Crippen molar-refractivity contribution in [1.82, 2.24) is 24.4 Å². The smallest absolute Gasteiger partial charge is 0.253 e. The summed E-state index contributed by atoms with van der Waals surface area (Å²) in [7, 11) is 0. The van der Waals surface area contributed by atoms with Crippen LogP contribution in [0.5, 0.6) is 0 Å². The Hall–Kier alpha value is -3.22. The van der Waals surface area contributed by atoms with Gasteiger partial charge in [0.25, 0.3) is 5.91 Å². The first-order valence-electron chi connectivity index (χ1n) is 10.3. The van der Waals surface area contributed by atoms with Gasteiger partial charge < -0.3 is 9.80 Å². The summed E-state index contributed by atoms with van der Waals surface area (Å²) < 4.78 is 1.87. The zero-order valence-electron chi connectivity index (χ0n) is 18.0. The predicted octanol–water partition coefficient (Wildman–Crippen LogP) is 3.23. The van der Waals surface area contributed by atoms with Crippen molar-refractivity contribution in [3.63, 3.8) is 0 Å². The Bertz CT molecular complexity index is 1010.